The van der Waals surface area contributed by atoms with E-state index >= 15 is 0 Å². The van der Waals surface area contributed by atoms with Crippen LogP contribution in [0.25, 0.3) is 0 Å². The van der Waals surface area contributed by atoms with Gasteiger partial charge in [0.2, 0.25) is 11.8 Å². The molecule has 0 saturated carbocycles. The van der Waals surface area contributed by atoms with Crippen LogP contribution >= 0.6 is 11.8 Å². The Balaban J connectivity index is 1.34. The number of carbonyl (C=O) groups is 3. The number of fused-ring (bicyclic) bond motifs is 1. The van der Waals surface area contributed by atoms with Gasteiger partial charge in [-0.25, -0.2) is 0 Å². The average molecular weight is 566 g/mol. The van der Waals surface area contributed by atoms with Crippen molar-refractivity contribution in [2.45, 2.75) is 87.5 Å². The highest BCUT2D eigenvalue weighted by Gasteiger charge is 2.50. The number of rotatable bonds is 8. The molecule has 2 heterocycles. The van der Waals surface area contributed by atoms with Crippen molar-refractivity contribution >= 4 is 29.5 Å². The summed E-state index contributed by atoms with van der Waals surface area (Å²) in [7, 11) is 0. The molecular weight excluding hydrogens is 526 g/mol. The van der Waals surface area contributed by atoms with Gasteiger partial charge >= 0.3 is 0 Å². The summed E-state index contributed by atoms with van der Waals surface area (Å²) in [4.78, 5) is 42.1. The first kappa shape index (κ1) is 28.6. The Morgan fingerprint density at radius 1 is 1.05 bits per heavy atom. The molecule has 40 heavy (non-hydrogen) atoms. The van der Waals surface area contributed by atoms with Gasteiger partial charge in [0.25, 0.3) is 5.91 Å². The van der Waals surface area contributed by atoms with Crippen molar-refractivity contribution < 1.29 is 24.2 Å². The predicted molar refractivity (Wildman–Crippen MR) is 154 cm³/mol. The van der Waals surface area contributed by atoms with Gasteiger partial charge in [-0.2, -0.15) is 0 Å². The lowest BCUT2D eigenvalue weighted by Gasteiger charge is -2.35. The Hall–Kier alpha value is -2.88. The Labute approximate surface area is 240 Å². The molecule has 2 saturated heterocycles. The van der Waals surface area contributed by atoms with Crippen LogP contribution in [0.5, 0.6) is 0 Å². The summed E-state index contributed by atoms with van der Waals surface area (Å²) < 4.78 is 4.98. The monoisotopic (exact) mass is 565 g/mol. The van der Waals surface area contributed by atoms with E-state index in [2.05, 4.69) is 22.8 Å². The Kier molecular flexibility index (Phi) is 8.83. The van der Waals surface area contributed by atoms with Crippen LogP contribution in [0, 0.1) is 0 Å². The maximum Gasteiger partial charge on any atom is 0.254 e. The number of aliphatic hydroxyl groups excluding tert-OH is 1. The lowest BCUT2D eigenvalue weighted by atomic mass is 9.87. The van der Waals surface area contributed by atoms with Crippen LogP contribution in [-0.4, -0.2) is 69.3 Å². The molecule has 3 aliphatic rings. The normalized spacial score (nSPS) is 25.1. The molecule has 2 aromatic rings. The first-order valence-corrected chi connectivity index (χ1v) is 15.2. The molecule has 2 fully saturated rings. The van der Waals surface area contributed by atoms with Crippen LogP contribution < -0.4 is 10.6 Å². The van der Waals surface area contributed by atoms with Crippen molar-refractivity contribution in [2.24, 2.45) is 0 Å². The van der Waals surface area contributed by atoms with Gasteiger partial charge in [0.05, 0.1) is 18.0 Å². The van der Waals surface area contributed by atoms with Crippen molar-refractivity contribution in [3.8, 4) is 0 Å². The Morgan fingerprint density at radius 3 is 2.55 bits per heavy atom. The number of hydrogen-bond donors (Lipinski definition) is 3. The van der Waals surface area contributed by atoms with Crippen molar-refractivity contribution in [2.75, 3.05) is 12.5 Å². The van der Waals surface area contributed by atoms with E-state index in [1.807, 2.05) is 56.3 Å². The summed E-state index contributed by atoms with van der Waals surface area (Å²) in [6.45, 7) is 4.43. The SMILES string of the molecule is CC1(C)SCN(C(=O)[C@@H](O)[C@H](Cc2ccccc2)NC(=O)[C@@H]2CCCO2)[C@@H]1C(=O)N[C@H]1CCCc2ccccc21. The zero-order valence-corrected chi connectivity index (χ0v) is 24.0. The molecule has 5 rings (SSSR count). The lowest BCUT2D eigenvalue weighted by Crippen LogP contribution is -2.59. The third-order valence-corrected chi connectivity index (χ3v) is 9.62. The summed E-state index contributed by atoms with van der Waals surface area (Å²) in [6, 6.07) is 15.9. The summed E-state index contributed by atoms with van der Waals surface area (Å²) in [6.07, 6.45) is 2.38. The quantitative estimate of drug-likeness (QED) is 0.454. The largest absolute Gasteiger partial charge is 0.381 e. The van der Waals surface area contributed by atoms with Gasteiger partial charge in [-0.1, -0.05) is 54.6 Å². The fraction of sp³-hybridized carbons (Fsp3) is 0.516. The van der Waals surface area contributed by atoms with Crippen LogP contribution in [0.15, 0.2) is 54.6 Å². The molecule has 0 unspecified atom stereocenters. The van der Waals surface area contributed by atoms with Gasteiger partial charge in [0, 0.05) is 11.4 Å². The van der Waals surface area contributed by atoms with Crippen LogP contribution in [0.2, 0.25) is 0 Å². The number of carbonyl (C=O) groups excluding carboxylic acids is 3. The Bertz CT molecular complexity index is 1220. The standard InChI is InChI=1S/C31H39N3O5S/c1-31(2)27(29(37)32-23-15-8-13-21-12-6-7-14-22(21)23)34(19-40-31)30(38)26(35)24(18-20-10-4-3-5-11-20)33-28(36)25-16-9-17-39-25/h3-7,10-12,14,23-27,35H,8-9,13,15-19H2,1-2H3,(H,32,37)(H,33,36)/t23-,24-,25-,26-,27+/m0/s1. The first-order chi connectivity index (χ1) is 19.2. The molecule has 1 aliphatic carbocycles. The second-order valence-electron chi connectivity index (χ2n) is 11.5. The highest BCUT2D eigenvalue weighted by molar-refractivity contribution is 8.00. The summed E-state index contributed by atoms with van der Waals surface area (Å²) >= 11 is 1.51. The zero-order chi connectivity index (χ0) is 28.3. The molecule has 9 heteroatoms. The highest BCUT2D eigenvalue weighted by Crippen LogP contribution is 2.40. The van der Waals surface area contributed by atoms with Gasteiger partial charge in [-0.05, 0) is 69.1 Å². The molecule has 2 aromatic carbocycles. The molecule has 2 aliphatic heterocycles. The minimum absolute atomic E-state index is 0.114. The molecule has 0 radical (unpaired) electrons. The molecule has 0 bridgehead atoms. The lowest BCUT2D eigenvalue weighted by molar-refractivity contribution is -0.148. The molecule has 214 valence electrons. The van der Waals surface area contributed by atoms with Crippen LogP contribution in [0.3, 0.4) is 0 Å². The molecule has 0 aromatic heterocycles. The van der Waals surface area contributed by atoms with Crippen LogP contribution in [-0.2, 0) is 32.0 Å². The minimum atomic E-state index is -1.52. The van der Waals surface area contributed by atoms with E-state index in [1.54, 1.807) is 0 Å². The van der Waals surface area contributed by atoms with E-state index < -0.39 is 34.9 Å². The van der Waals surface area contributed by atoms with Gasteiger partial charge in [0.15, 0.2) is 6.10 Å². The van der Waals surface area contributed by atoms with Crippen molar-refractivity contribution in [1.29, 1.82) is 0 Å². The molecule has 5 atom stereocenters. The summed E-state index contributed by atoms with van der Waals surface area (Å²) in [5.74, 6) is -0.831. The van der Waals surface area contributed by atoms with Gasteiger partial charge in [-0.15, -0.1) is 11.8 Å². The van der Waals surface area contributed by atoms with E-state index in [0.717, 1.165) is 36.8 Å². The van der Waals surface area contributed by atoms with Crippen molar-refractivity contribution in [3.63, 3.8) is 0 Å². The van der Waals surface area contributed by atoms with E-state index in [4.69, 9.17) is 4.74 Å². The molecule has 3 N–H and O–H groups in total. The maximum atomic E-state index is 13.9. The number of thioether (sulfide) groups is 1. The van der Waals surface area contributed by atoms with Gasteiger partial charge in [-0.3, -0.25) is 14.4 Å². The number of aryl methyl sites for hydroxylation is 1. The zero-order valence-electron chi connectivity index (χ0n) is 23.2. The second-order valence-corrected chi connectivity index (χ2v) is 13.1. The third kappa shape index (κ3) is 6.21. The summed E-state index contributed by atoms with van der Waals surface area (Å²) in [5, 5.41) is 17.5. The van der Waals surface area contributed by atoms with Gasteiger partial charge < -0.3 is 25.4 Å². The maximum absolute atomic E-state index is 13.9. The minimum Gasteiger partial charge on any atom is -0.381 e. The topological polar surface area (TPSA) is 108 Å². The number of hydrogen-bond acceptors (Lipinski definition) is 6. The molecular formula is C31H39N3O5S. The van der Waals surface area contributed by atoms with Gasteiger partial charge in [0.1, 0.15) is 12.1 Å². The Morgan fingerprint density at radius 2 is 1.80 bits per heavy atom. The van der Waals surface area contributed by atoms with Crippen molar-refractivity contribution in [3.05, 3.63) is 71.3 Å². The van der Waals surface area contributed by atoms with E-state index in [9.17, 15) is 19.5 Å². The smallest absolute Gasteiger partial charge is 0.254 e. The fourth-order valence-corrected chi connectivity index (χ4v) is 7.22. The number of ether oxygens (including phenoxy) is 1. The molecule has 8 nitrogen and oxygen atoms in total. The third-order valence-electron chi connectivity index (χ3n) is 8.25. The summed E-state index contributed by atoms with van der Waals surface area (Å²) in [5.41, 5.74) is 3.25. The number of nitrogens with zero attached hydrogens (tertiary/aromatic N) is 1. The highest BCUT2D eigenvalue weighted by atomic mass is 32.2. The molecule has 3 amide bonds. The number of aliphatic hydroxyl groups is 1. The number of amides is 3. The predicted octanol–water partition coefficient (Wildman–Crippen LogP) is 3.13. The number of benzene rings is 2. The fourth-order valence-electron chi connectivity index (χ4n) is 6.08. The first-order valence-electron chi connectivity index (χ1n) is 14.2. The second kappa shape index (κ2) is 12.3. The van der Waals surface area contributed by atoms with Crippen LogP contribution in [0.1, 0.15) is 62.3 Å². The average Bonchev–Trinajstić information content (AvgIpc) is 3.60. The number of nitrogens with one attached hydrogen (secondary N) is 2. The van der Waals surface area contributed by atoms with Crippen LogP contribution in [0.4, 0.5) is 0 Å². The molecule has 0 spiro atoms. The van der Waals surface area contributed by atoms with E-state index in [1.165, 1.54) is 22.2 Å². The van der Waals surface area contributed by atoms with E-state index in [0.29, 0.717) is 13.0 Å². The van der Waals surface area contributed by atoms with Crippen molar-refractivity contribution in [1.82, 2.24) is 15.5 Å². The van der Waals surface area contributed by atoms with E-state index in [-0.39, 0.29) is 30.2 Å².